The maximum Gasteiger partial charge on any atom is 0.290 e. The third-order valence-corrected chi connectivity index (χ3v) is 4.18. The van der Waals surface area contributed by atoms with Crippen LogP contribution in [-0.2, 0) is 0 Å². The predicted molar refractivity (Wildman–Crippen MR) is 83.6 cm³/mol. The molecule has 0 aliphatic heterocycles. The van der Waals surface area contributed by atoms with Crippen LogP contribution in [0, 0.1) is 40.5 Å². The Labute approximate surface area is 141 Å². The van der Waals surface area contributed by atoms with Crippen molar-refractivity contribution in [3.8, 4) is 0 Å². The zero-order valence-electron chi connectivity index (χ0n) is 11.9. The quantitative estimate of drug-likeness (QED) is 0.547. The summed E-state index contributed by atoms with van der Waals surface area (Å²) in [4.78, 5) is 39.8. The second-order valence-corrected chi connectivity index (χ2v) is 5.40. The highest BCUT2D eigenvalue weighted by molar-refractivity contribution is 8.00. The smallest absolute Gasteiger partial charge is 0.258 e. The monoisotopic (exact) mass is 366 g/mol. The molecule has 2 aromatic carbocycles. The molecular formula is C12H6N4O8S. The Morgan fingerprint density at radius 3 is 1.00 bits per heavy atom. The van der Waals surface area contributed by atoms with Crippen molar-refractivity contribution in [2.75, 3.05) is 0 Å². The zero-order chi connectivity index (χ0) is 18.7. The lowest BCUT2D eigenvalue weighted by Gasteiger charge is -2.05. The molecule has 0 amide bonds. The van der Waals surface area contributed by atoms with E-state index in [9.17, 15) is 40.5 Å². The molecule has 0 aliphatic carbocycles. The molecule has 25 heavy (non-hydrogen) atoms. The van der Waals surface area contributed by atoms with Gasteiger partial charge in [-0.3, -0.25) is 40.5 Å². The van der Waals surface area contributed by atoms with Gasteiger partial charge in [0.05, 0.1) is 19.7 Å². The van der Waals surface area contributed by atoms with Gasteiger partial charge in [-0.25, -0.2) is 0 Å². The summed E-state index contributed by atoms with van der Waals surface area (Å²) in [6.07, 6.45) is 0. The molecular weight excluding hydrogens is 360 g/mol. The molecule has 2 aromatic rings. The maximum absolute atomic E-state index is 11.1. The van der Waals surface area contributed by atoms with Crippen molar-refractivity contribution in [2.45, 2.75) is 9.79 Å². The molecule has 13 heteroatoms. The van der Waals surface area contributed by atoms with Crippen LogP contribution in [0.3, 0.4) is 0 Å². The van der Waals surface area contributed by atoms with Gasteiger partial charge in [-0.05, 0) is 12.1 Å². The Balaban J connectivity index is 2.76. The lowest BCUT2D eigenvalue weighted by Crippen LogP contribution is -1.99. The summed E-state index contributed by atoms with van der Waals surface area (Å²) >= 11 is 0.241. The molecule has 0 spiro atoms. The highest BCUT2D eigenvalue weighted by atomic mass is 32.2. The SMILES string of the molecule is O=[N+]([O-])c1cccc([N+](=O)[O-])c1Sc1c([N+](=O)[O-])cccc1[N+](=O)[O-]. The first-order valence-electron chi connectivity index (χ1n) is 6.25. The Morgan fingerprint density at radius 1 is 0.560 bits per heavy atom. The normalized spacial score (nSPS) is 10.2. The topological polar surface area (TPSA) is 173 Å². The molecule has 0 saturated heterocycles. The molecule has 0 aromatic heterocycles. The number of nitrogens with zero attached hydrogens (tertiary/aromatic N) is 4. The summed E-state index contributed by atoms with van der Waals surface area (Å²) in [5, 5.41) is 44.5. The van der Waals surface area contributed by atoms with Gasteiger partial charge in [0.25, 0.3) is 22.7 Å². The molecule has 0 atom stereocenters. The van der Waals surface area contributed by atoms with Gasteiger partial charge in [0.1, 0.15) is 0 Å². The van der Waals surface area contributed by atoms with E-state index >= 15 is 0 Å². The fraction of sp³-hybridized carbons (Fsp3) is 0. The Hall–Kier alpha value is -3.61. The third kappa shape index (κ3) is 3.50. The number of hydrogen-bond acceptors (Lipinski definition) is 9. The van der Waals surface area contributed by atoms with Crippen molar-refractivity contribution in [3.05, 3.63) is 76.9 Å². The zero-order valence-corrected chi connectivity index (χ0v) is 12.7. The first-order valence-corrected chi connectivity index (χ1v) is 7.07. The van der Waals surface area contributed by atoms with Crippen molar-refractivity contribution < 1.29 is 19.7 Å². The summed E-state index contributed by atoms with van der Waals surface area (Å²) in [6, 6.07) is 6.03. The molecule has 0 saturated carbocycles. The minimum absolute atomic E-state index is 0.241. The number of nitro benzene ring substituents is 4. The van der Waals surface area contributed by atoms with E-state index in [2.05, 4.69) is 0 Å². The van der Waals surface area contributed by atoms with Crippen LogP contribution in [0.15, 0.2) is 46.2 Å². The van der Waals surface area contributed by atoms with Gasteiger partial charge in [-0.15, -0.1) is 0 Å². The van der Waals surface area contributed by atoms with Crippen LogP contribution in [0.5, 0.6) is 0 Å². The van der Waals surface area contributed by atoms with Crippen molar-refractivity contribution in [1.29, 1.82) is 0 Å². The summed E-state index contributed by atoms with van der Waals surface area (Å²) in [6.45, 7) is 0. The molecule has 0 radical (unpaired) electrons. The molecule has 0 heterocycles. The molecule has 0 unspecified atom stereocenters. The van der Waals surface area contributed by atoms with E-state index in [1.54, 1.807) is 0 Å². The highest BCUT2D eigenvalue weighted by Gasteiger charge is 2.32. The Kier molecular flexibility index (Phi) is 4.88. The standard InChI is InChI=1S/C12H6N4O8S/c17-13(18)7-3-1-4-8(14(19)20)11(7)25-12-9(15(21)22)5-2-6-10(12)16(23)24/h1-6H. The predicted octanol–water partition coefficient (Wildman–Crippen LogP) is 3.47. The summed E-state index contributed by atoms with van der Waals surface area (Å²) < 4.78 is 0. The molecule has 12 nitrogen and oxygen atoms in total. The van der Waals surface area contributed by atoms with Crippen LogP contribution < -0.4 is 0 Å². The second kappa shape index (κ2) is 6.88. The Bertz CT molecular complexity index is 778. The molecule has 0 N–H and O–H groups in total. The van der Waals surface area contributed by atoms with Gasteiger partial charge in [0, 0.05) is 24.3 Å². The maximum atomic E-state index is 11.1. The van der Waals surface area contributed by atoms with Gasteiger partial charge >= 0.3 is 0 Å². The molecule has 0 fully saturated rings. The first kappa shape index (κ1) is 17.7. The van der Waals surface area contributed by atoms with E-state index in [0.29, 0.717) is 0 Å². The van der Waals surface area contributed by atoms with E-state index in [1.165, 1.54) is 0 Å². The van der Waals surface area contributed by atoms with Crippen molar-refractivity contribution >= 4 is 34.5 Å². The van der Waals surface area contributed by atoms with Crippen LogP contribution in [0.1, 0.15) is 0 Å². The Morgan fingerprint density at radius 2 is 0.800 bits per heavy atom. The van der Waals surface area contributed by atoms with Crippen LogP contribution in [0.2, 0.25) is 0 Å². The van der Waals surface area contributed by atoms with Gasteiger partial charge in [0.2, 0.25) is 0 Å². The average Bonchev–Trinajstić information content (AvgIpc) is 2.54. The van der Waals surface area contributed by atoms with Crippen LogP contribution in [-0.4, -0.2) is 19.7 Å². The fourth-order valence-corrected chi connectivity index (χ4v) is 3.10. The van der Waals surface area contributed by atoms with Crippen LogP contribution >= 0.6 is 11.8 Å². The number of benzene rings is 2. The van der Waals surface area contributed by atoms with Crippen LogP contribution in [0.4, 0.5) is 22.7 Å². The molecule has 128 valence electrons. The number of nitro groups is 4. The average molecular weight is 366 g/mol. The number of rotatable bonds is 6. The molecule has 0 bridgehead atoms. The van der Waals surface area contributed by atoms with E-state index in [1.807, 2.05) is 0 Å². The van der Waals surface area contributed by atoms with Crippen molar-refractivity contribution in [2.24, 2.45) is 0 Å². The van der Waals surface area contributed by atoms with E-state index < -0.39 is 52.2 Å². The van der Waals surface area contributed by atoms with Gasteiger partial charge in [-0.2, -0.15) is 0 Å². The van der Waals surface area contributed by atoms with E-state index in [4.69, 9.17) is 0 Å². The molecule has 2 rings (SSSR count). The third-order valence-electron chi connectivity index (χ3n) is 2.94. The lowest BCUT2D eigenvalue weighted by atomic mass is 10.3. The van der Waals surface area contributed by atoms with Crippen molar-refractivity contribution in [3.63, 3.8) is 0 Å². The number of hydrogen-bond donors (Lipinski definition) is 0. The van der Waals surface area contributed by atoms with Gasteiger partial charge in [-0.1, -0.05) is 11.8 Å². The minimum Gasteiger partial charge on any atom is -0.258 e. The van der Waals surface area contributed by atoms with E-state index in [0.717, 1.165) is 36.4 Å². The largest absolute Gasteiger partial charge is 0.290 e. The first-order chi connectivity index (χ1) is 11.7. The second-order valence-electron chi connectivity index (χ2n) is 4.38. The van der Waals surface area contributed by atoms with Gasteiger partial charge < -0.3 is 0 Å². The lowest BCUT2D eigenvalue weighted by molar-refractivity contribution is -0.400. The summed E-state index contributed by atoms with van der Waals surface area (Å²) in [5.74, 6) is 0. The van der Waals surface area contributed by atoms with Gasteiger partial charge in [0.15, 0.2) is 9.79 Å². The summed E-state index contributed by atoms with van der Waals surface area (Å²) in [5.41, 5.74) is -2.75. The van der Waals surface area contributed by atoms with E-state index in [-0.39, 0.29) is 11.8 Å². The molecule has 0 aliphatic rings. The van der Waals surface area contributed by atoms with Crippen molar-refractivity contribution in [1.82, 2.24) is 0 Å². The van der Waals surface area contributed by atoms with Crippen LogP contribution in [0.25, 0.3) is 0 Å². The minimum atomic E-state index is -0.907. The highest BCUT2D eigenvalue weighted by Crippen LogP contribution is 2.47. The summed E-state index contributed by atoms with van der Waals surface area (Å²) in [7, 11) is 0. The fourth-order valence-electron chi connectivity index (χ4n) is 1.91.